The number of carbonyl (C=O) groups is 4. The molecule has 44 heavy (non-hydrogen) atoms. The van der Waals surface area contributed by atoms with Gasteiger partial charge in [-0.3, -0.25) is 14.4 Å². The lowest BCUT2D eigenvalue weighted by atomic mass is 9.90. The fourth-order valence-electron chi connectivity index (χ4n) is 5.91. The van der Waals surface area contributed by atoms with Gasteiger partial charge in [0.05, 0.1) is 18.2 Å². The summed E-state index contributed by atoms with van der Waals surface area (Å²) in [6, 6.07) is 9.67. The number of piperidine rings is 1. The van der Waals surface area contributed by atoms with Gasteiger partial charge in [-0.15, -0.1) is 0 Å². The largest absolute Gasteiger partial charge is 0.496 e. The number of urea groups is 1. The van der Waals surface area contributed by atoms with Crippen LogP contribution in [0, 0.1) is 11.7 Å². The molecule has 0 spiro atoms. The zero-order valence-corrected chi connectivity index (χ0v) is 25.7. The number of likely N-dealkylation sites (tertiary alicyclic amines) is 1. The van der Waals surface area contributed by atoms with Crippen molar-refractivity contribution in [1.29, 1.82) is 0 Å². The van der Waals surface area contributed by atoms with Crippen molar-refractivity contribution in [2.45, 2.75) is 45.6 Å². The number of aromatic nitrogens is 1. The molecule has 2 fully saturated rings. The van der Waals surface area contributed by atoms with Crippen LogP contribution in [0.1, 0.15) is 59.9 Å². The number of ketones is 1. The lowest BCUT2D eigenvalue weighted by Gasteiger charge is -2.36. The number of methoxy groups -OCH3 is 1. The van der Waals surface area contributed by atoms with E-state index < -0.39 is 11.7 Å². The van der Waals surface area contributed by atoms with E-state index >= 15 is 0 Å². The lowest BCUT2D eigenvalue weighted by Crippen LogP contribution is -2.56. The van der Waals surface area contributed by atoms with Gasteiger partial charge < -0.3 is 29.7 Å². The molecular weight excluding hydrogens is 565 g/mol. The number of nitrogens with zero attached hydrogens (tertiary/aromatic N) is 3. The fourth-order valence-corrected chi connectivity index (χ4v) is 5.91. The van der Waals surface area contributed by atoms with E-state index in [2.05, 4.69) is 10.3 Å². The first-order valence-corrected chi connectivity index (χ1v) is 15.1. The molecule has 3 heterocycles. The molecule has 2 aliphatic heterocycles. The Kier molecular flexibility index (Phi) is 8.94. The normalized spacial score (nSPS) is 16.2. The zero-order chi connectivity index (χ0) is 31.6. The molecule has 4 amide bonds. The average Bonchev–Trinajstić information content (AvgIpc) is 3.43. The van der Waals surface area contributed by atoms with E-state index in [9.17, 15) is 23.6 Å². The Morgan fingerprint density at radius 1 is 0.909 bits per heavy atom. The Hall–Kier alpha value is -4.41. The summed E-state index contributed by atoms with van der Waals surface area (Å²) in [5.41, 5.74) is 1.80. The number of halogens is 1. The van der Waals surface area contributed by atoms with Crippen LogP contribution in [0.15, 0.2) is 42.6 Å². The number of hydrogen-bond donors (Lipinski definition) is 2. The number of benzene rings is 2. The third-order valence-electron chi connectivity index (χ3n) is 8.35. The molecule has 3 aromatic rings. The summed E-state index contributed by atoms with van der Waals surface area (Å²) in [7, 11) is 1.49. The van der Waals surface area contributed by atoms with Gasteiger partial charge in [-0.25, -0.2) is 9.18 Å². The molecule has 0 aliphatic carbocycles. The third-order valence-corrected chi connectivity index (χ3v) is 8.35. The highest BCUT2D eigenvalue weighted by atomic mass is 19.1. The van der Waals surface area contributed by atoms with E-state index in [4.69, 9.17) is 4.74 Å². The van der Waals surface area contributed by atoms with Crippen molar-refractivity contribution in [3.63, 3.8) is 0 Å². The van der Waals surface area contributed by atoms with Gasteiger partial charge in [0.25, 0.3) is 17.6 Å². The second-order valence-corrected chi connectivity index (χ2v) is 12.7. The van der Waals surface area contributed by atoms with Crippen molar-refractivity contribution in [2.24, 2.45) is 5.92 Å². The van der Waals surface area contributed by atoms with Crippen LogP contribution in [0.25, 0.3) is 10.9 Å². The first-order chi connectivity index (χ1) is 20.9. The average molecular weight is 606 g/mol. The Balaban J connectivity index is 1.26. The topological polar surface area (TPSA) is 115 Å². The number of amides is 4. The predicted molar refractivity (Wildman–Crippen MR) is 164 cm³/mol. The highest BCUT2D eigenvalue weighted by molar-refractivity contribution is 6.45. The first kappa shape index (κ1) is 31.0. The van der Waals surface area contributed by atoms with E-state index in [1.807, 2.05) is 20.8 Å². The molecule has 10 nitrogen and oxygen atoms in total. The Morgan fingerprint density at radius 2 is 1.55 bits per heavy atom. The van der Waals surface area contributed by atoms with Crippen molar-refractivity contribution in [3.8, 4) is 5.75 Å². The van der Waals surface area contributed by atoms with E-state index in [1.54, 1.807) is 34.1 Å². The van der Waals surface area contributed by atoms with E-state index in [0.29, 0.717) is 54.3 Å². The van der Waals surface area contributed by atoms with E-state index in [1.165, 1.54) is 30.3 Å². The zero-order valence-electron chi connectivity index (χ0n) is 25.7. The quantitative estimate of drug-likeness (QED) is 0.322. The van der Waals surface area contributed by atoms with Gasteiger partial charge in [0.2, 0.25) is 0 Å². The van der Waals surface area contributed by atoms with Crippen molar-refractivity contribution in [1.82, 2.24) is 25.0 Å². The molecule has 11 heteroatoms. The van der Waals surface area contributed by atoms with Crippen LogP contribution >= 0.6 is 0 Å². The molecule has 0 saturated carbocycles. The minimum absolute atomic E-state index is 0.188. The van der Waals surface area contributed by atoms with Crippen molar-refractivity contribution in [3.05, 3.63) is 65.1 Å². The predicted octanol–water partition coefficient (Wildman–Crippen LogP) is 4.25. The maximum absolute atomic E-state index is 13.7. The smallest absolute Gasteiger partial charge is 0.317 e. The molecule has 1 aromatic heterocycles. The molecule has 2 aromatic carbocycles. The van der Waals surface area contributed by atoms with Crippen LogP contribution < -0.4 is 10.1 Å². The summed E-state index contributed by atoms with van der Waals surface area (Å²) in [4.78, 5) is 60.8. The number of Topliss-reactive ketones (excluding diaryl/α,β-unsaturated/α-hetero) is 1. The highest BCUT2D eigenvalue weighted by Crippen LogP contribution is 2.31. The summed E-state index contributed by atoms with van der Waals surface area (Å²) >= 11 is 0. The second-order valence-electron chi connectivity index (χ2n) is 12.7. The maximum atomic E-state index is 13.7. The summed E-state index contributed by atoms with van der Waals surface area (Å²) in [6.07, 6.45) is 3.97. The minimum atomic E-state index is -0.672. The number of nitrogens with one attached hydrogen (secondary N) is 2. The summed E-state index contributed by atoms with van der Waals surface area (Å²) in [5.74, 6) is -0.990. The summed E-state index contributed by atoms with van der Waals surface area (Å²) in [5, 5.41) is 3.39. The second kappa shape index (κ2) is 12.7. The van der Waals surface area contributed by atoms with Crippen LogP contribution in [-0.2, 0) is 11.2 Å². The number of fused-ring (bicyclic) bond motifs is 1. The fraction of sp³-hybridized carbons (Fsp3) is 0.455. The Labute approximate surface area is 256 Å². The van der Waals surface area contributed by atoms with Crippen LogP contribution in [0.5, 0.6) is 5.75 Å². The summed E-state index contributed by atoms with van der Waals surface area (Å²) < 4.78 is 18.8. The standard InChI is InChI=1S/C33H40FN5O5/c1-33(2,3)36-32(43)39-15-13-38(14-16-39)31(42)29(40)26-20-35-27-19-28(44-4)25(18-24(26)27)30(41)37-11-9-22(10-12-37)17-21-5-7-23(34)8-6-21/h5-8,18-20,22,35H,9-17H2,1-4H3,(H,36,43). The van der Waals surface area contributed by atoms with Gasteiger partial charge in [0.15, 0.2) is 0 Å². The van der Waals surface area contributed by atoms with Gasteiger partial charge in [-0.2, -0.15) is 0 Å². The van der Waals surface area contributed by atoms with E-state index in [-0.39, 0.29) is 41.9 Å². The van der Waals surface area contributed by atoms with Crippen LogP contribution in [-0.4, -0.2) is 95.2 Å². The van der Waals surface area contributed by atoms with Crippen molar-refractivity contribution >= 4 is 34.5 Å². The minimum Gasteiger partial charge on any atom is -0.496 e. The lowest BCUT2D eigenvalue weighted by molar-refractivity contribution is -0.127. The number of carbonyl (C=O) groups excluding carboxylic acids is 4. The molecule has 2 N–H and O–H groups in total. The van der Waals surface area contributed by atoms with Crippen LogP contribution in [0.3, 0.4) is 0 Å². The monoisotopic (exact) mass is 605 g/mol. The number of ether oxygens (including phenoxy) is 1. The van der Waals surface area contributed by atoms with Crippen LogP contribution in [0.4, 0.5) is 9.18 Å². The van der Waals surface area contributed by atoms with Crippen LogP contribution in [0.2, 0.25) is 0 Å². The molecule has 0 atom stereocenters. The number of H-pyrrole nitrogens is 1. The van der Waals surface area contributed by atoms with Crippen molar-refractivity contribution < 1.29 is 28.3 Å². The number of hydrogen-bond acceptors (Lipinski definition) is 5. The third kappa shape index (κ3) is 6.87. The number of piperazine rings is 1. The molecule has 0 radical (unpaired) electrons. The molecule has 2 aliphatic rings. The van der Waals surface area contributed by atoms with Gasteiger partial charge in [-0.05, 0) is 69.7 Å². The van der Waals surface area contributed by atoms with Crippen molar-refractivity contribution in [2.75, 3.05) is 46.4 Å². The molecule has 0 bridgehead atoms. The molecule has 2 saturated heterocycles. The molecule has 5 rings (SSSR count). The molecular formula is C33H40FN5O5. The van der Waals surface area contributed by atoms with E-state index in [0.717, 1.165) is 24.8 Å². The van der Waals surface area contributed by atoms with Gasteiger partial charge >= 0.3 is 6.03 Å². The van der Waals surface area contributed by atoms with Gasteiger partial charge in [0.1, 0.15) is 11.6 Å². The Morgan fingerprint density at radius 3 is 2.16 bits per heavy atom. The molecule has 0 unspecified atom stereocenters. The summed E-state index contributed by atoms with van der Waals surface area (Å²) in [6.45, 7) is 8.00. The van der Waals surface area contributed by atoms with Gasteiger partial charge in [-0.1, -0.05) is 12.1 Å². The molecule has 234 valence electrons. The maximum Gasteiger partial charge on any atom is 0.317 e. The SMILES string of the molecule is COc1cc2[nH]cc(C(=O)C(=O)N3CCN(C(=O)NC(C)(C)C)CC3)c2cc1C(=O)N1CCC(Cc2ccc(F)cc2)CC1. The van der Waals surface area contributed by atoms with Gasteiger partial charge in [0, 0.05) is 68.0 Å². The number of aromatic amines is 1. The Bertz CT molecular complexity index is 1540. The number of rotatable bonds is 6. The highest BCUT2D eigenvalue weighted by Gasteiger charge is 2.32. The first-order valence-electron chi connectivity index (χ1n) is 15.1.